The fraction of sp³-hybridized carbons (Fsp3) is 0.600. The Morgan fingerprint density at radius 2 is 1.56 bits per heavy atom. The molecule has 3 heteroatoms. The molecule has 0 aromatic heterocycles. The zero-order valence-corrected chi connectivity index (χ0v) is 13.8. The highest BCUT2D eigenvalue weighted by atomic mass is 127. The Morgan fingerprint density at radius 3 is 2.06 bits per heavy atom. The van der Waals surface area contributed by atoms with Crippen molar-refractivity contribution in [2.24, 2.45) is 0 Å². The first-order chi connectivity index (χ1) is 8.28. The van der Waals surface area contributed by atoms with Crippen LogP contribution in [0.2, 0.25) is 0 Å². The Morgan fingerprint density at radius 1 is 1.00 bits per heavy atom. The summed E-state index contributed by atoms with van der Waals surface area (Å²) in [5.41, 5.74) is 1.44. The Labute approximate surface area is 129 Å². The van der Waals surface area contributed by atoms with Crippen molar-refractivity contribution in [3.63, 3.8) is 0 Å². The molecule has 18 heavy (non-hydrogen) atoms. The lowest BCUT2D eigenvalue weighted by Crippen LogP contribution is -3.00. The van der Waals surface area contributed by atoms with E-state index in [1.807, 2.05) is 0 Å². The summed E-state index contributed by atoms with van der Waals surface area (Å²) < 4.78 is 1.31. The van der Waals surface area contributed by atoms with E-state index < -0.39 is 0 Å². The number of piperazine rings is 1. The maximum Gasteiger partial charge on any atom is 0.0916 e. The molecule has 2 rings (SSSR count). The highest BCUT2D eigenvalue weighted by molar-refractivity contribution is 5.14. The zero-order chi connectivity index (χ0) is 12.1. The van der Waals surface area contributed by atoms with Crippen molar-refractivity contribution in [3.05, 3.63) is 35.9 Å². The SMILES string of the molecule is CC[N+]1(CC)CCN(Cc2ccccc2)CC1.[I-]. The van der Waals surface area contributed by atoms with Gasteiger partial charge in [0.05, 0.1) is 26.2 Å². The second-order valence-corrected chi connectivity index (χ2v) is 5.18. The summed E-state index contributed by atoms with van der Waals surface area (Å²) in [6.07, 6.45) is 0. The van der Waals surface area contributed by atoms with E-state index >= 15 is 0 Å². The number of quaternary nitrogens is 1. The summed E-state index contributed by atoms with van der Waals surface area (Å²) in [5, 5.41) is 0. The van der Waals surface area contributed by atoms with E-state index in [0.717, 1.165) is 6.54 Å². The van der Waals surface area contributed by atoms with Gasteiger partial charge < -0.3 is 28.5 Å². The van der Waals surface area contributed by atoms with Gasteiger partial charge in [-0.25, -0.2) is 0 Å². The fourth-order valence-corrected chi connectivity index (χ4v) is 2.79. The van der Waals surface area contributed by atoms with Crippen molar-refractivity contribution in [3.8, 4) is 0 Å². The van der Waals surface area contributed by atoms with Crippen molar-refractivity contribution in [1.29, 1.82) is 0 Å². The number of nitrogens with zero attached hydrogens (tertiary/aromatic N) is 2. The molecule has 0 unspecified atom stereocenters. The second kappa shape index (κ2) is 7.46. The molecular formula is C15H25IN2. The van der Waals surface area contributed by atoms with Crippen LogP contribution in [0, 0.1) is 0 Å². The van der Waals surface area contributed by atoms with Crippen LogP contribution in [-0.2, 0) is 6.54 Å². The monoisotopic (exact) mass is 360 g/mol. The average molecular weight is 360 g/mol. The van der Waals surface area contributed by atoms with Gasteiger partial charge in [0.1, 0.15) is 0 Å². The number of benzene rings is 1. The van der Waals surface area contributed by atoms with Crippen LogP contribution in [0.15, 0.2) is 30.3 Å². The predicted molar refractivity (Wildman–Crippen MR) is 72.8 cm³/mol. The lowest BCUT2D eigenvalue weighted by Gasteiger charge is -2.43. The third-order valence-electron chi connectivity index (χ3n) is 4.37. The van der Waals surface area contributed by atoms with Crippen LogP contribution < -0.4 is 24.0 Å². The molecule has 0 atom stereocenters. The normalized spacial score (nSPS) is 19.2. The first kappa shape index (κ1) is 15.9. The van der Waals surface area contributed by atoms with Crippen molar-refractivity contribution in [1.82, 2.24) is 4.90 Å². The second-order valence-electron chi connectivity index (χ2n) is 5.18. The molecule has 0 N–H and O–H groups in total. The predicted octanol–water partition coefficient (Wildman–Crippen LogP) is -0.637. The molecule has 0 bridgehead atoms. The number of halogens is 1. The molecule has 2 nitrogen and oxygen atoms in total. The van der Waals surface area contributed by atoms with Crippen LogP contribution in [0.1, 0.15) is 19.4 Å². The molecule has 0 amide bonds. The largest absolute Gasteiger partial charge is 1.00 e. The number of hydrogen-bond acceptors (Lipinski definition) is 1. The molecule has 1 aromatic rings. The summed E-state index contributed by atoms with van der Waals surface area (Å²) in [7, 11) is 0. The highest BCUT2D eigenvalue weighted by Gasteiger charge is 2.29. The van der Waals surface area contributed by atoms with Gasteiger partial charge >= 0.3 is 0 Å². The van der Waals surface area contributed by atoms with Crippen LogP contribution in [0.25, 0.3) is 0 Å². The molecule has 0 spiro atoms. The molecule has 1 fully saturated rings. The van der Waals surface area contributed by atoms with E-state index in [-0.39, 0.29) is 24.0 Å². The van der Waals surface area contributed by atoms with Crippen molar-refractivity contribution in [2.75, 3.05) is 39.3 Å². The molecular weight excluding hydrogens is 335 g/mol. The number of hydrogen-bond donors (Lipinski definition) is 0. The number of likely N-dealkylation sites (N-methyl/N-ethyl adjacent to an activating group) is 1. The first-order valence-electron chi connectivity index (χ1n) is 6.89. The van der Waals surface area contributed by atoms with Crippen LogP contribution in [0.5, 0.6) is 0 Å². The standard InChI is InChI=1S/C15H25N2.HI/c1-3-17(4-2)12-10-16(11-13-17)14-15-8-6-5-7-9-15;/h5-9H,3-4,10-14H2,1-2H3;1H/q+1;/p-1. The van der Waals surface area contributed by atoms with E-state index in [1.54, 1.807) is 0 Å². The van der Waals surface area contributed by atoms with Gasteiger partial charge in [0.25, 0.3) is 0 Å². The van der Waals surface area contributed by atoms with Gasteiger partial charge in [-0.15, -0.1) is 0 Å². The fourth-order valence-electron chi connectivity index (χ4n) is 2.79. The maximum absolute atomic E-state index is 2.59. The lowest BCUT2D eigenvalue weighted by atomic mass is 10.2. The molecule has 1 heterocycles. The van der Waals surface area contributed by atoms with E-state index in [4.69, 9.17) is 0 Å². The average Bonchev–Trinajstić information content (AvgIpc) is 2.41. The number of rotatable bonds is 4. The quantitative estimate of drug-likeness (QED) is 0.510. The molecule has 1 aromatic carbocycles. The minimum atomic E-state index is 0. The Hall–Kier alpha value is -0.130. The summed E-state index contributed by atoms with van der Waals surface area (Å²) in [5.74, 6) is 0. The molecule has 0 aliphatic carbocycles. The third kappa shape index (κ3) is 3.93. The van der Waals surface area contributed by atoms with Crippen LogP contribution >= 0.6 is 0 Å². The minimum absolute atomic E-state index is 0. The molecule has 0 radical (unpaired) electrons. The lowest BCUT2D eigenvalue weighted by molar-refractivity contribution is -0.928. The van der Waals surface area contributed by atoms with Gasteiger partial charge in [0.2, 0.25) is 0 Å². The van der Waals surface area contributed by atoms with Crippen LogP contribution in [0.4, 0.5) is 0 Å². The summed E-state index contributed by atoms with van der Waals surface area (Å²) in [6.45, 7) is 13.5. The summed E-state index contributed by atoms with van der Waals surface area (Å²) >= 11 is 0. The van der Waals surface area contributed by atoms with Gasteiger partial charge in [0.15, 0.2) is 0 Å². The Kier molecular flexibility index (Phi) is 6.60. The molecule has 1 aliphatic rings. The smallest absolute Gasteiger partial charge is 0.0916 e. The summed E-state index contributed by atoms with van der Waals surface area (Å²) in [6, 6.07) is 10.8. The van der Waals surface area contributed by atoms with Gasteiger partial charge in [-0.2, -0.15) is 0 Å². The maximum atomic E-state index is 2.59. The summed E-state index contributed by atoms with van der Waals surface area (Å²) in [4.78, 5) is 2.59. The van der Waals surface area contributed by atoms with Gasteiger partial charge in [-0.05, 0) is 19.4 Å². The molecule has 0 saturated carbocycles. The van der Waals surface area contributed by atoms with Gasteiger partial charge in [-0.3, -0.25) is 4.90 Å². The van der Waals surface area contributed by atoms with E-state index in [1.165, 1.54) is 49.3 Å². The highest BCUT2D eigenvalue weighted by Crippen LogP contribution is 2.14. The van der Waals surface area contributed by atoms with Gasteiger partial charge in [-0.1, -0.05) is 30.3 Å². The van der Waals surface area contributed by atoms with Crippen molar-refractivity contribution >= 4 is 0 Å². The van der Waals surface area contributed by atoms with Crippen LogP contribution in [-0.4, -0.2) is 48.7 Å². The zero-order valence-electron chi connectivity index (χ0n) is 11.6. The topological polar surface area (TPSA) is 3.24 Å². The molecule has 102 valence electrons. The van der Waals surface area contributed by atoms with E-state index in [0.29, 0.717) is 0 Å². The van der Waals surface area contributed by atoms with Crippen molar-refractivity contribution in [2.45, 2.75) is 20.4 Å². The van der Waals surface area contributed by atoms with E-state index in [2.05, 4.69) is 49.1 Å². The Balaban J connectivity index is 0.00000162. The van der Waals surface area contributed by atoms with E-state index in [9.17, 15) is 0 Å². The van der Waals surface area contributed by atoms with Crippen molar-refractivity contribution < 1.29 is 28.5 Å². The van der Waals surface area contributed by atoms with Gasteiger partial charge in [0, 0.05) is 19.6 Å². The Bertz CT molecular complexity index is 326. The minimum Gasteiger partial charge on any atom is -1.00 e. The first-order valence-corrected chi connectivity index (χ1v) is 6.89. The molecule has 1 aliphatic heterocycles. The molecule has 1 saturated heterocycles. The van der Waals surface area contributed by atoms with Crippen LogP contribution in [0.3, 0.4) is 0 Å². The third-order valence-corrected chi connectivity index (χ3v) is 4.37.